The van der Waals surface area contributed by atoms with Gasteiger partial charge in [-0.25, -0.2) is 9.59 Å². The van der Waals surface area contributed by atoms with Gasteiger partial charge >= 0.3 is 17.6 Å². The third-order valence-electron chi connectivity index (χ3n) is 3.45. The van der Waals surface area contributed by atoms with Crippen LogP contribution in [0.4, 0.5) is 21.5 Å². The number of hydrogen-bond acceptors (Lipinski definition) is 10. The van der Waals surface area contributed by atoms with Crippen molar-refractivity contribution in [3.63, 3.8) is 0 Å². The maximum Gasteiger partial charge on any atom is 0.338 e. The van der Waals surface area contributed by atoms with Gasteiger partial charge in [0.25, 0.3) is 5.69 Å². The molecule has 0 amide bonds. The van der Waals surface area contributed by atoms with Crippen molar-refractivity contribution in [2.24, 2.45) is 5.73 Å². The predicted molar refractivity (Wildman–Crippen MR) is 108 cm³/mol. The highest BCUT2D eigenvalue weighted by molar-refractivity contribution is 5.91. The second kappa shape index (κ2) is 13.2. The first kappa shape index (κ1) is 26.9. The van der Waals surface area contributed by atoms with Crippen LogP contribution in [0.15, 0.2) is 36.4 Å². The van der Waals surface area contributed by atoms with Crippen molar-refractivity contribution >= 4 is 29.0 Å². The number of hydrogen-bond donors (Lipinski definition) is 2. The lowest BCUT2D eigenvalue weighted by atomic mass is 10.2. The van der Waals surface area contributed by atoms with Gasteiger partial charge in [0.1, 0.15) is 5.69 Å². The molecule has 13 heteroatoms. The summed E-state index contributed by atoms with van der Waals surface area (Å²) < 4.78 is 21.6. The molecular formula is C18H21FN4O8. The van der Waals surface area contributed by atoms with Crippen LogP contribution in [-0.4, -0.2) is 50.1 Å². The van der Waals surface area contributed by atoms with E-state index in [-0.39, 0.29) is 16.8 Å². The molecule has 0 radical (unpaired) electrons. The van der Waals surface area contributed by atoms with Crippen LogP contribution in [0, 0.1) is 26.0 Å². The molecule has 0 unspecified atom stereocenters. The molecule has 0 atom stereocenters. The highest BCUT2D eigenvalue weighted by atomic mass is 19.1. The molecule has 0 bridgehead atoms. The summed E-state index contributed by atoms with van der Waals surface area (Å²) >= 11 is 0. The van der Waals surface area contributed by atoms with E-state index in [1.54, 1.807) is 7.05 Å². The Labute approximate surface area is 176 Å². The number of rotatable bonds is 5. The van der Waals surface area contributed by atoms with E-state index in [1.165, 1.54) is 32.4 Å². The summed E-state index contributed by atoms with van der Waals surface area (Å²) in [5.74, 6) is -2.32. The Morgan fingerprint density at radius 3 is 1.71 bits per heavy atom. The number of nitro benzene ring substituents is 2. The van der Waals surface area contributed by atoms with Crippen LogP contribution in [0.2, 0.25) is 0 Å². The Morgan fingerprint density at radius 2 is 1.32 bits per heavy atom. The standard InChI is InChI=1S/C9H10N2O4.C8H6FNO4.CH5N/c1-10-7-4-3-6(9(12)15-2)5-8(7)11(13)14;1-14-8(11)5-2-3-6(9)7(4-5)10(12)13;1-2/h3-5,10H,1-2H3;2-4H,1H3;2H2,1H3. The summed E-state index contributed by atoms with van der Waals surface area (Å²) in [4.78, 5) is 41.6. The number of benzene rings is 2. The second-order valence-corrected chi connectivity index (χ2v) is 5.15. The zero-order chi connectivity index (χ0) is 24.1. The zero-order valence-corrected chi connectivity index (χ0v) is 17.1. The predicted octanol–water partition coefficient (Wildman–Crippen LogP) is 2.52. The van der Waals surface area contributed by atoms with Crippen LogP contribution >= 0.6 is 0 Å². The Morgan fingerprint density at radius 1 is 0.903 bits per heavy atom. The second-order valence-electron chi connectivity index (χ2n) is 5.15. The lowest BCUT2D eigenvalue weighted by Crippen LogP contribution is -2.03. The molecule has 31 heavy (non-hydrogen) atoms. The topological polar surface area (TPSA) is 177 Å². The minimum absolute atomic E-state index is 0.0550. The molecule has 0 heterocycles. The van der Waals surface area contributed by atoms with Crippen LogP contribution in [-0.2, 0) is 9.47 Å². The maximum absolute atomic E-state index is 12.8. The molecule has 2 aromatic rings. The smallest absolute Gasteiger partial charge is 0.338 e. The summed E-state index contributed by atoms with van der Waals surface area (Å²) in [5.41, 5.74) is 4.06. The fraction of sp³-hybridized carbons (Fsp3) is 0.222. The Bertz CT molecular complexity index is 952. The minimum Gasteiger partial charge on any atom is -0.465 e. The van der Waals surface area contributed by atoms with Crippen molar-refractivity contribution in [2.75, 3.05) is 33.6 Å². The van der Waals surface area contributed by atoms with Crippen LogP contribution < -0.4 is 11.1 Å². The van der Waals surface area contributed by atoms with Crippen LogP contribution in [0.5, 0.6) is 0 Å². The molecule has 2 aromatic carbocycles. The number of nitrogens with one attached hydrogen (secondary N) is 1. The number of nitrogens with zero attached hydrogens (tertiary/aromatic N) is 2. The lowest BCUT2D eigenvalue weighted by molar-refractivity contribution is -0.387. The minimum atomic E-state index is -0.984. The number of nitro groups is 2. The van der Waals surface area contributed by atoms with Gasteiger partial charge < -0.3 is 20.5 Å². The van der Waals surface area contributed by atoms with E-state index < -0.39 is 33.3 Å². The van der Waals surface area contributed by atoms with Gasteiger partial charge in [-0.3, -0.25) is 20.2 Å². The van der Waals surface area contributed by atoms with Gasteiger partial charge in [-0.15, -0.1) is 0 Å². The summed E-state index contributed by atoms with van der Waals surface area (Å²) in [5, 5.41) is 23.6. The molecule has 0 fully saturated rings. The molecule has 0 spiro atoms. The third kappa shape index (κ3) is 7.66. The van der Waals surface area contributed by atoms with Gasteiger partial charge in [-0.05, 0) is 31.3 Å². The summed E-state index contributed by atoms with van der Waals surface area (Å²) in [6.07, 6.45) is 0. The molecule has 0 aromatic heterocycles. The monoisotopic (exact) mass is 440 g/mol. The van der Waals surface area contributed by atoms with Crippen LogP contribution in [0.1, 0.15) is 20.7 Å². The molecule has 0 aliphatic heterocycles. The number of carbonyl (C=O) groups excluding carboxylic acids is 2. The van der Waals surface area contributed by atoms with Gasteiger partial charge in [0.2, 0.25) is 5.82 Å². The summed E-state index contributed by atoms with van der Waals surface area (Å²) in [7, 11) is 5.43. The van der Waals surface area contributed by atoms with E-state index in [1.807, 2.05) is 0 Å². The lowest BCUT2D eigenvalue weighted by Gasteiger charge is -2.03. The third-order valence-corrected chi connectivity index (χ3v) is 3.45. The van der Waals surface area contributed by atoms with Crippen molar-refractivity contribution in [3.8, 4) is 0 Å². The Kier molecular flexibility index (Phi) is 11.4. The van der Waals surface area contributed by atoms with Crippen molar-refractivity contribution in [1.29, 1.82) is 0 Å². The van der Waals surface area contributed by atoms with E-state index in [9.17, 15) is 34.2 Å². The van der Waals surface area contributed by atoms with Gasteiger partial charge in [0, 0.05) is 19.2 Å². The number of esters is 2. The highest BCUT2D eigenvalue weighted by Gasteiger charge is 2.18. The van der Waals surface area contributed by atoms with Crippen LogP contribution in [0.3, 0.4) is 0 Å². The van der Waals surface area contributed by atoms with Crippen molar-refractivity contribution in [1.82, 2.24) is 0 Å². The fourth-order valence-electron chi connectivity index (χ4n) is 2.04. The zero-order valence-electron chi connectivity index (χ0n) is 17.1. The SMILES string of the molecule is CN.CNc1ccc(C(=O)OC)cc1[N+](=O)[O-].COC(=O)c1ccc(F)c([N+](=O)[O-])c1. The van der Waals surface area contributed by atoms with E-state index in [0.29, 0.717) is 5.69 Å². The molecular weight excluding hydrogens is 419 g/mol. The fourth-order valence-corrected chi connectivity index (χ4v) is 2.04. The van der Waals surface area contributed by atoms with Crippen molar-refractivity contribution in [2.45, 2.75) is 0 Å². The molecule has 2 rings (SSSR count). The van der Waals surface area contributed by atoms with E-state index in [0.717, 1.165) is 25.3 Å². The number of anilines is 1. The van der Waals surface area contributed by atoms with Gasteiger partial charge in [0.15, 0.2) is 0 Å². The first-order valence-electron chi connectivity index (χ1n) is 8.30. The normalized spacial score (nSPS) is 9.10. The molecule has 0 saturated heterocycles. The average molecular weight is 440 g/mol. The van der Waals surface area contributed by atoms with Gasteiger partial charge in [-0.1, -0.05) is 0 Å². The summed E-state index contributed by atoms with van der Waals surface area (Å²) in [6.45, 7) is 0. The molecule has 12 nitrogen and oxygen atoms in total. The van der Waals surface area contributed by atoms with Crippen molar-refractivity contribution in [3.05, 3.63) is 73.6 Å². The van der Waals surface area contributed by atoms with E-state index in [2.05, 4.69) is 20.5 Å². The molecule has 168 valence electrons. The number of ether oxygens (including phenoxy) is 2. The first-order valence-corrected chi connectivity index (χ1v) is 8.30. The largest absolute Gasteiger partial charge is 0.465 e. The number of halogens is 1. The summed E-state index contributed by atoms with van der Waals surface area (Å²) in [6, 6.07) is 6.91. The quantitative estimate of drug-likeness (QED) is 0.399. The molecule has 0 saturated carbocycles. The first-order chi connectivity index (χ1) is 14.7. The Hall–Kier alpha value is -4.13. The molecule has 3 N–H and O–H groups in total. The van der Waals surface area contributed by atoms with E-state index in [4.69, 9.17) is 0 Å². The van der Waals surface area contributed by atoms with Crippen LogP contribution in [0.25, 0.3) is 0 Å². The molecule has 0 aliphatic rings. The maximum atomic E-state index is 12.8. The van der Waals surface area contributed by atoms with Gasteiger partial charge in [-0.2, -0.15) is 4.39 Å². The average Bonchev–Trinajstić information content (AvgIpc) is 2.79. The number of carbonyl (C=O) groups is 2. The number of nitrogens with two attached hydrogens (primary N) is 1. The van der Waals surface area contributed by atoms with Gasteiger partial charge in [0.05, 0.1) is 35.2 Å². The number of methoxy groups -OCH3 is 2. The Balaban J connectivity index is 0.000000539. The molecule has 0 aliphatic carbocycles. The van der Waals surface area contributed by atoms with E-state index >= 15 is 0 Å². The van der Waals surface area contributed by atoms with Crippen molar-refractivity contribution < 1.29 is 33.3 Å². The highest BCUT2D eigenvalue weighted by Crippen LogP contribution is 2.25.